The van der Waals surface area contributed by atoms with Crippen LogP contribution in [-0.4, -0.2) is 16.4 Å². The lowest BCUT2D eigenvalue weighted by Gasteiger charge is -2.36. The summed E-state index contributed by atoms with van der Waals surface area (Å²) in [5.41, 5.74) is 0.853. The van der Waals surface area contributed by atoms with Crippen molar-refractivity contribution in [1.29, 1.82) is 0 Å². The number of hydrogen-bond donors (Lipinski definition) is 0. The van der Waals surface area contributed by atoms with E-state index in [1.54, 1.807) is 3.93 Å². The van der Waals surface area contributed by atoms with Gasteiger partial charge in [0.15, 0.2) is 0 Å². The average molecular weight is 246 g/mol. The van der Waals surface area contributed by atoms with Gasteiger partial charge < -0.3 is 0 Å². The van der Waals surface area contributed by atoms with E-state index >= 15 is 0 Å². The molecule has 0 unspecified atom stereocenters. The number of hydrogen-bond acceptors (Lipinski definition) is 1. The van der Waals surface area contributed by atoms with Crippen LogP contribution in [0.1, 0.15) is 33.1 Å². The summed E-state index contributed by atoms with van der Waals surface area (Å²) in [6.07, 6.45) is 2.84. The molecule has 13 heavy (non-hydrogen) atoms. The highest BCUT2D eigenvalue weighted by Crippen LogP contribution is 2.37. The summed E-state index contributed by atoms with van der Waals surface area (Å²) in [6.45, 7) is 8.70. The van der Waals surface area contributed by atoms with Gasteiger partial charge in [0, 0.05) is 6.54 Å². The molecule has 0 N–H and O–H groups in total. The number of piperidine rings is 1. The molecule has 74 valence electrons. The zero-order chi connectivity index (χ0) is 10.1. The van der Waals surface area contributed by atoms with Gasteiger partial charge in [0.1, 0.15) is 0 Å². The summed E-state index contributed by atoms with van der Waals surface area (Å²) in [7, 11) is 0. The van der Waals surface area contributed by atoms with Crippen molar-refractivity contribution in [2.75, 3.05) is 6.54 Å². The van der Waals surface area contributed by atoms with Gasteiger partial charge >= 0.3 is 0 Å². The summed E-state index contributed by atoms with van der Waals surface area (Å²) in [5, 5.41) is 0. The van der Waals surface area contributed by atoms with Gasteiger partial charge in [-0.2, -0.15) is 0 Å². The molecule has 1 heterocycles. The number of carbonyl (C=O) groups is 1. The first-order valence-corrected chi connectivity index (χ1v) is 5.29. The number of carbonyl (C=O) groups excluding carboxylic acids is 1. The van der Waals surface area contributed by atoms with Crippen LogP contribution in [0.15, 0.2) is 12.2 Å². The van der Waals surface area contributed by atoms with Crippen molar-refractivity contribution >= 4 is 22.1 Å². The molecule has 0 aromatic heterocycles. The first kappa shape index (κ1) is 10.8. The van der Waals surface area contributed by atoms with E-state index in [1.165, 1.54) is 0 Å². The zero-order valence-electron chi connectivity index (χ0n) is 8.27. The second kappa shape index (κ2) is 3.82. The minimum absolute atomic E-state index is 0.196. The predicted octanol–water partition coefficient (Wildman–Crippen LogP) is 2.89. The van der Waals surface area contributed by atoms with Crippen LogP contribution in [0.5, 0.6) is 0 Å². The molecule has 0 bridgehead atoms. The molecule has 2 nitrogen and oxygen atoms in total. The Bertz CT molecular complexity index is 239. The summed E-state index contributed by atoms with van der Waals surface area (Å²) in [4.78, 5) is 11.8. The van der Waals surface area contributed by atoms with Crippen molar-refractivity contribution < 1.29 is 4.79 Å². The van der Waals surface area contributed by atoms with Gasteiger partial charge in [-0.15, -0.1) is 6.58 Å². The monoisotopic (exact) mass is 245 g/mol. The minimum Gasteiger partial charge on any atom is -0.278 e. The maximum atomic E-state index is 11.8. The lowest BCUT2D eigenvalue weighted by atomic mass is 9.77. The Kier molecular flexibility index (Phi) is 3.17. The summed E-state index contributed by atoms with van der Waals surface area (Å²) in [6, 6.07) is 0. The van der Waals surface area contributed by atoms with Gasteiger partial charge in [-0.05, 0) is 26.2 Å². The van der Waals surface area contributed by atoms with E-state index in [4.69, 9.17) is 0 Å². The van der Waals surface area contributed by atoms with Gasteiger partial charge in [-0.3, -0.25) is 8.72 Å². The van der Waals surface area contributed by atoms with E-state index in [-0.39, 0.29) is 11.3 Å². The maximum Gasteiger partial charge on any atom is 0.238 e. The van der Waals surface area contributed by atoms with Crippen LogP contribution in [0.4, 0.5) is 0 Å². The van der Waals surface area contributed by atoms with Gasteiger partial charge in [0.2, 0.25) is 5.91 Å². The molecule has 1 aliphatic rings. The van der Waals surface area contributed by atoms with Crippen LogP contribution in [0.2, 0.25) is 0 Å². The molecular formula is C10H16BrNO. The molecule has 1 atom stereocenters. The van der Waals surface area contributed by atoms with E-state index in [9.17, 15) is 4.79 Å². The van der Waals surface area contributed by atoms with Crippen LogP contribution in [0.3, 0.4) is 0 Å². The predicted molar refractivity (Wildman–Crippen MR) is 57.4 cm³/mol. The van der Waals surface area contributed by atoms with E-state index in [2.05, 4.69) is 22.7 Å². The van der Waals surface area contributed by atoms with Gasteiger partial charge in [-0.25, -0.2) is 0 Å². The van der Waals surface area contributed by atoms with E-state index < -0.39 is 0 Å². The van der Waals surface area contributed by atoms with Crippen LogP contribution in [0, 0.1) is 5.41 Å². The van der Waals surface area contributed by atoms with Gasteiger partial charge in [-0.1, -0.05) is 12.5 Å². The highest BCUT2D eigenvalue weighted by atomic mass is 79.9. The van der Waals surface area contributed by atoms with Crippen molar-refractivity contribution in [1.82, 2.24) is 3.93 Å². The third kappa shape index (κ3) is 2.33. The highest BCUT2D eigenvalue weighted by Gasteiger charge is 2.38. The largest absolute Gasteiger partial charge is 0.278 e. The molecule has 1 fully saturated rings. The lowest BCUT2D eigenvalue weighted by molar-refractivity contribution is -0.138. The molecule has 0 aliphatic carbocycles. The van der Waals surface area contributed by atoms with Crippen molar-refractivity contribution in [3.05, 3.63) is 12.2 Å². The molecule has 0 spiro atoms. The summed E-state index contributed by atoms with van der Waals surface area (Å²) in [5.74, 6) is 0.196. The SMILES string of the molecule is C=C(C)C[C@]1(C)CCCN(Br)C1=O. The Labute approximate surface area is 88.3 Å². The summed E-state index contributed by atoms with van der Waals surface area (Å²) >= 11 is 3.27. The Morgan fingerprint density at radius 1 is 1.77 bits per heavy atom. The second-order valence-corrected chi connectivity index (χ2v) is 5.05. The number of allylic oxidation sites excluding steroid dienone is 1. The minimum atomic E-state index is -0.229. The van der Waals surface area contributed by atoms with E-state index in [0.717, 1.165) is 31.4 Å². The average Bonchev–Trinajstić information content (AvgIpc) is 1.99. The van der Waals surface area contributed by atoms with Crippen LogP contribution in [-0.2, 0) is 4.79 Å². The lowest BCUT2D eigenvalue weighted by Crippen LogP contribution is -2.42. The zero-order valence-corrected chi connectivity index (χ0v) is 9.85. The van der Waals surface area contributed by atoms with E-state index in [1.807, 2.05) is 13.8 Å². The molecule has 1 rings (SSSR count). The van der Waals surface area contributed by atoms with Crippen molar-refractivity contribution in [2.45, 2.75) is 33.1 Å². The Morgan fingerprint density at radius 2 is 2.38 bits per heavy atom. The number of amides is 1. The van der Waals surface area contributed by atoms with Crippen LogP contribution >= 0.6 is 16.1 Å². The Balaban J connectivity index is 2.75. The van der Waals surface area contributed by atoms with Gasteiger partial charge in [0.25, 0.3) is 0 Å². The standard InChI is InChI=1S/C10H16BrNO/c1-8(2)7-10(3)5-4-6-12(11)9(10)13/h1,4-7H2,2-3H3/t10-/m0/s1. The molecular weight excluding hydrogens is 230 g/mol. The highest BCUT2D eigenvalue weighted by molar-refractivity contribution is 9.07. The summed E-state index contributed by atoms with van der Waals surface area (Å²) < 4.78 is 1.65. The second-order valence-electron chi connectivity index (χ2n) is 4.19. The molecule has 0 radical (unpaired) electrons. The Hall–Kier alpha value is -0.310. The van der Waals surface area contributed by atoms with Crippen molar-refractivity contribution in [2.24, 2.45) is 5.41 Å². The number of nitrogens with zero attached hydrogens (tertiary/aromatic N) is 1. The topological polar surface area (TPSA) is 20.3 Å². The van der Waals surface area contributed by atoms with Crippen molar-refractivity contribution in [3.8, 4) is 0 Å². The third-order valence-electron chi connectivity index (χ3n) is 2.51. The molecule has 1 amide bonds. The molecule has 0 saturated carbocycles. The number of rotatable bonds is 2. The molecule has 0 aromatic rings. The molecule has 1 aliphatic heterocycles. The molecule has 0 aromatic carbocycles. The fourth-order valence-electron chi connectivity index (χ4n) is 1.94. The van der Waals surface area contributed by atoms with Crippen LogP contribution < -0.4 is 0 Å². The quantitative estimate of drug-likeness (QED) is 0.542. The van der Waals surface area contributed by atoms with Gasteiger partial charge in [0.05, 0.1) is 21.6 Å². The van der Waals surface area contributed by atoms with Crippen LogP contribution in [0.25, 0.3) is 0 Å². The molecule has 3 heteroatoms. The fraction of sp³-hybridized carbons (Fsp3) is 0.700. The first-order chi connectivity index (χ1) is 5.96. The normalized spacial score (nSPS) is 29.2. The first-order valence-electron chi connectivity index (χ1n) is 4.58. The fourth-order valence-corrected chi connectivity index (χ4v) is 2.62. The third-order valence-corrected chi connectivity index (χ3v) is 3.19. The smallest absolute Gasteiger partial charge is 0.238 e. The Morgan fingerprint density at radius 3 is 2.92 bits per heavy atom. The number of halogens is 1. The van der Waals surface area contributed by atoms with E-state index in [0.29, 0.717) is 0 Å². The van der Waals surface area contributed by atoms with Crippen molar-refractivity contribution in [3.63, 3.8) is 0 Å². The maximum absolute atomic E-state index is 11.8. The molecule has 1 saturated heterocycles.